The van der Waals surface area contributed by atoms with Crippen molar-refractivity contribution >= 4 is 29.6 Å². The van der Waals surface area contributed by atoms with Gasteiger partial charge in [-0.25, -0.2) is 15.0 Å². The molecule has 7 nitrogen and oxygen atoms in total. The van der Waals surface area contributed by atoms with Gasteiger partial charge in [0.2, 0.25) is 0 Å². The van der Waals surface area contributed by atoms with Crippen molar-refractivity contribution in [3.05, 3.63) is 59.6 Å². The molecule has 4 rings (SSSR count). The van der Waals surface area contributed by atoms with Crippen LogP contribution in [0.3, 0.4) is 0 Å². The van der Waals surface area contributed by atoms with Crippen LogP contribution < -0.4 is 16.4 Å². The van der Waals surface area contributed by atoms with Crippen LogP contribution in [0.15, 0.2) is 53.2 Å². The highest BCUT2D eigenvalue weighted by Gasteiger charge is 2.29. The van der Waals surface area contributed by atoms with Crippen LogP contribution in [-0.2, 0) is 0 Å². The van der Waals surface area contributed by atoms with Crippen molar-refractivity contribution in [2.75, 3.05) is 31.1 Å². The standard InChI is InChI=1S/C25H33N7/c1-19(26)16-22(27)28-24-17-25(30-23(29-24)11-10-20-8-4-2-5-9-20)32-15-12-21(18-32)31-13-6-3-7-14-31/h2,4-5,8-11,16-17,21H,3,6-7,12-15,18,26H2,1H3,(H2,27,28,29,30)/b11-10+,19-16-. The van der Waals surface area contributed by atoms with Crippen molar-refractivity contribution in [2.45, 2.75) is 38.6 Å². The summed E-state index contributed by atoms with van der Waals surface area (Å²) in [6.45, 7) is 6.18. The zero-order valence-electron chi connectivity index (χ0n) is 18.8. The molecule has 0 saturated carbocycles. The Kier molecular flexibility index (Phi) is 7.17. The van der Waals surface area contributed by atoms with Gasteiger partial charge in [0.15, 0.2) is 11.6 Å². The molecular weight excluding hydrogens is 398 g/mol. The van der Waals surface area contributed by atoms with Gasteiger partial charge in [-0.2, -0.15) is 0 Å². The fraction of sp³-hybridized carbons (Fsp3) is 0.400. The van der Waals surface area contributed by atoms with Crippen LogP contribution in [0, 0.1) is 0 Å². The number of rotatable bonds is 6. The van der Waals surface area contributed by atoms with E-state index in [1.54, 1.807) is 13.0 Å². The Balaban J connectivity index is 1.59. The molecule has 0 amide bonds. The van der Waals surface area contributed by atoms with Gasteiger partial charge in [0.25, 0.3) is 0 Å². The number of aromatic nitrogens is 2. The number of hydrogen-bond donors (Lipinski definition) is 2. The number of likely N-dealkylation sites (tertiary alicyclic amines) is 1. The van der Waals surface area contributed by atoms with Gasteiger partial charge in [0.05, 0.1) is 0 Å². The Morgan fingerprint density at radius 2 is 1.81 bits per heavy atom. The summed E-state index contributed by atoms with van der Waals surface area (Å²) < 4.78 is 0. The largest absolute Gasteiger partial charge is 0.402 e. The fourth-order valence-electron chi connectivity index (χ4n) is 4.40. The first kappa shape index (κ1) is 22.0. The van der Waals surface area contributed by atoms with E-state index in [1.165, 1.54) is 32.4 Å². The minimum Gasteiger partial charge on any atom is -0.402 e. The van der Waals surface area contributed by atoms with Crippen LogP contribution in [0.25, 0.3) is 12.2 Å². The summed E-state index contributed by atoms with van der Waals surface area (Å²) in [5.41, 5.74) is 13.5. The van der Waals surface area contributed by atoms with Crippen LogP contribution in [-0.4, -0.2) is 52.9 Å². The molecule has 2 aliphatic rings. The monoisotopic (exact) mass is 431 g/mol. The number of hydrogen-bond acceptors (Lipinski definition) is 6. The van der Waals surface area contributed by atoms with Gasteiger partial charge in [-0.15, -0.1) is 0 Å². The van der Waals surface area contributed by atoms with Gasteiger partial charge < -0.3 is 16.4 Å². The van der Waals surface area contributed by atoms with E-state index < -0.39 is 0 Å². The molecule has 1 atom stereocenters. The predicted octanol–water partition coefficient (Wildman–Crippen LogP) is 3.56. The second kappa shape index (κ2) is 10.4. The van der Waals surface area contributed by atoms with Crippen LogP contribution >= 0.6 is 0 Å². The first-order chi connectivity index (χ1) is 15.6. The minimum absolute atomic E-state index is 0.334. The molecule has 1 aromatic heterocycles. The smallest absolute Gasteiger partial charge is 0.160 e. The Labute approximate surface area is 190 Å². The first-order valence-corrected chi connectivity index (χ1v) is 11.5. The molecule has 168 valence electrons. The SMILES string of the molecule is C/C(N)=C/C(N)=Nc1cc(N2CCC(N3CCCCC3)C2)nc(/C=C/c2ccccc2)n1. The average Bonchev–Trinajstić information content (AvgIpc) is 3.29. The second-order valence-corrected chi connectivity index (χ2v) is 8.60. The Bertz CT molecular complexity index is 987. The zero-order chi connectivity index (χ0) is 22.3. The molecule has 7 heteroatoms. The highest BCUT2D eigenvalue weighted by Crippen LogP contribution is 2.26. The number of aliphatic imine (C=N–C) groups is 1. The van der Waals surface area contributed by atoms with Gasteiger partial charge in [0, 0.05) is 30.9 Å². The molecule has 0 aliphatic carbocycles. The molecule has 0 radical (unpaired) electrons. The maximum atomic E-state index is 6.04. The van der Waals surface area contributed by atoms with Crippen molar-refractivity contribution in [1.82, 2.24) is 14.9 Å². The number of benzene rings is 1. The molecule has 3 heterocycles. The van der Waals surface area contributed by atoms with E-state index in [9.17, 15) is 0 Å². The van der Waals surface area contributed by atoms with Crippen LogP contribution in [0.1, 0.15) is 44.0 Å². The molecule has 1 aromatic carbocycles. The number of piperidine rings is 1. The molecule has 2 aromatic rings. The zero-order valence-corrected chi connectivity index (χ0v) is 18.8. The summed E-state index contributed by atoms with van der Waals surface area (Å²) in [4.78, 5) is 18.9. The first-order valence-electron chi connectivity index (χ1n) is 11.5. The normalized spacial score (nSPS) is 20.9. The lowest BCUT2D eigenvalue weighted by molar-refractivity contribution is 0.175. The van der Waals surface area contributed by atoms with E-state index >= 15 is 0 Å². The topological polar surface area (TPSA) is 96.7 Å². The van der Waals surface area contributed by atoms with E-state index in [1.807, 2.05) is 36.4 Å². The van der Waals surface area contributed by atoms with Crippen molar-refractivity contribution in [3.63, 3.8) is 0 Å². The Hall–Kier alpha value is -3.19. The molecule has 0 spiro atoms. The summed E-state index contributed by atoms with van der Waals surface area (Å²) in [5.74, 6) is 2.39. The fourth-order valence-corrected chi connectivity index (χ4v) is 4.40. The van der Waals surface area contributed by atoms with E-state index in [2.05, 4.69) is 31.9 Å². The Morgan fingerprint density at radius 1 is 1.03 bits per heavy atom. The maximum absolute atomic E-state index is 6.04. The third kappa shape index (κ3) is 5.95. The molecule has 0 bridgehead atoms. The molecular formula is C25H33N7. The number of allylic oxidation sites excluding steroid dienone is 1. The third-order valence-corrected chi connectivity index (χ3v) is 5.95. The van der Waals surface area contributed by atoms with Crippen molar-refractivity contribution in [2.24, 2.45) is 16.5 Å². The number of anilines is 1. The van der Waals surface area contributed by atoms with Crippen molar-refractivity contribution in [1.29, 1.82) is 0 Å². The van der Waals surface area contributed by atoms with Crippen molar-refractivity contribution in [3.8, 4) is 0 Å². The summed E-state index contributed by atoms with van der Waals surface area (Å²) in [5, 5.41) is 0. The maximum Gasteiger partial charge on any atom is 0.160 e. The molecule has 2 saturated heterocycles. The summed E-state index contributed by atoms with van der Waals surface area (Å²) >= 11 is 0. The lowest BCUT2D eigenvalue weighted by atomic mass is 10.1. The van der Waals surface area contributed by atoms with Crippen LogP contribution in [0.4, 0.5) is 11.6 Å². The quantitative estimate of drug-likeness (QED) is 0.536. The number of nitrogens with two attached hydrogens (primary N) is 2. The molecule has 4 N–H and O–H groups in total. The summed E-state index contributed by atoms with van der Waals surface area (Å²) in [7, 11) is 0. The van der Waals surface area contributed by atoms with Gasteiger partial charge >= 0.3 is 0 Å². The van der Waals surface area contributed by atoms with E-state index in [-0.39, 0.29) is 0 Å². The Morgan fingerprint density at radius 3 is 2.56 bits per heavy atom. The number of nitrogens with zero attached hydrogens (tertiary/aromatic N) is 5. The summed E-state index contributed by atoms with van der Waals surface area (Å²) in [6, 6.07) is 12.6. The van der Waals surface area contributed by atoms with Gasteiger partial charge in [-0.1, -0.05) is 42.8 Å². The highest BCUT2D eigenvalue weighted by molar-refractivity contribution is 5.93. The minimum atomic E-state index is 0.334. The van der Waals surface area contributed by atoms with Crippen molar-refractivity contribution < 1.29 is 0 Å². The highest BCUT2D eigenvalue weighted by atomic mass is 15.3. The van der Waals surface area contributed by atoms with E-state index in [0.29, 0.717) is 29.2 Å². The van der Waals surface area contributed by atoms with Crippen LogP contribution in [0.2, 0.25) is 0 Å². The average molecular weight is 432 g/mol. The van der Waals surface area contributed by atoms with E-state index in [4.69, 9.17) is 16.5 Å². The van der Waals surface area contributed by atoms with E-state index in [0.717, 1.165) is 30.9 Å². The van der Waals surface area contributed by atoms with Gasteiger partial charge in [-0.05, 0) is 57.0 Å². The van der Waals surface area contributed by atoms with Gasteiger partial charge in [0.1, 0.15) is 11.7 Å². The summed E-state index contributed by atoms with van der Waals surface area (Å²) in [6.07, 6.45) is 10.7. The molecule has 2 aliphatic heterocycles. The second-order valence-electron chi connectivity index (χ2n) is 8.60. The molecule has 1 unspecified atom stereocenters. The molecule has 32 heavy (non-hydrogen) atoms. The molecule has 2 fully saturated rings. The lowest BCUT2D eigenvalue weighted by Gasteiger charge is -2.32. The number of amidine groups is 1. The van der Waals surface area contributed by atoms with Crippen LogP contribution in [0.5, 0.6) is 0 Å². The lowest BCUT2D eigenvalue weighted by Crippen LogP contribution is -2.41. The third-order valence-electron chi connectivity index (χ3n) is 5.95. The predicted molar refractivity (Wildman–Crippen MR) is 133 cm³/mol. The van der Waals surface area contributed by atoms with Gasteiger partial charge in [-0.3, -0.25) is 4.90 Å².